The van der Waals surface area contributed by atoms with Gasteiger partial charge < -0.3 is 20.4 Å². The second-order valence-electron chi connectivity index (χ2n) is 5.13. The number of halogens is 1. The number of rotatable bonds is 2. The van der Waals surface area contributed by atoms with Gasteiger partial charge in [0, 0.05) is 16.7 Å². The maximum Gasteiger partial charge on any atom is 0.335 e. The molecule has 1 fully saturated rings. The van der Waals surface area contributed by atoms with E-state index in [-0.39, 0.29) is 18.1 Å². The largest absolute Gasteiger partial charge is 0.478 e. The number of hydrogen-bond acceptors (Lipinski definition) is 3. The van der Waals surface area contributed by atoms with Gasteiger partial charge in [0.15, 0.2) is 0 Å². The number of carbonyl (C=O) groups is 2. The molecule has 0 aromatic heterocycles. The first-order valence-electron chi connectivity index (χ1n) is 6.09. The summed E-state index contributed by atoms with van der Waals surface area (Å²) in [5, 5.41) is 21.4. The molecule has 2 rings (SSSR count). The van der Waals surface area contributed by atoms with Crippen molar-refractivity contribution in [2.24, 2.45) is 0 Å². The number of benzene rings is 1. The molecular weight excluding hydrogens is 328 g/mol. The monoisotopic (exact) mass is 342 g/mol. The van der Waals surface area contributed by atoms with Crippen LogP contribution >= 0.6 is 15.9 Å². The van der Waals surface area contributed by atoms with Crippen molar-refractivity contribution in [1.82, 2.24) is 4.90 Å². The first-order chi connectivity index (χ1) is 9.27. The van der Waals surface area contributed by atoms with Crippen molar-refractivity contribution >= 4 is 33.6 Å². The number of aromatic carboxylic acids is 1. The maximum atomic E-state index is 12.0. The zero-order valence-corrected chi connectivity index (χ0v) is 12.5. The molecule has 7 heteroatoms. The highest BCUT2D eigenvalue weighted by atomic mass is 79.9. The zero-order chi connectivity index (χ0) is 14.9. The Kier molecular flexibility index (Phi) is 4.01. The number of carboxylic acids is 1. The number of nitrogens with one attached hydrogen (secondary N) is 1. The Morgan fingerprint density at radius 2 is 2.10 bits per heavy atom. The summed E-state index contributed by atoms with van der Waals surface area (Å²) in [6.45, 7) is 2.42. The molecule has 1 atom stereocenters. The molecule has 0 bridgehead atoms. The Bertz CT molecular complexity index is 559. The van der Waals surface area contributed by atoms with Crippen molar-refractivity contribution in [3.8, 4) is 0 Å². The predicted molar refractivity (Wildman–Crippen MR) is 76.9 cm³/mol. The van der Waals surface area contributed by atoms with Gasteiger partial charge in [-0.25, -0.2) is 9.59 Å². The van der Waals surface area contributed by atoms with Crippen molar-refractivity contribution < 1.29 is 19.8 Å². The molecule has 0 spiro atoms. The summed E-state index contributed by atoms with van der Waals surface area (Å²) < 4.78 is 0.570. The van der Waals surface area contributed by atoms with Crippen LogP contribution in [0.4, 0.5) is 10.5 Å². The number of nitrogens with zero attached hydrogens (tertiary/aromatic N) is 1. The third kappa shape index (κ3) is 3.49. The number of urea groups is 1. The number of carbonyl (C=O) groups excluding carboxylic acids is 1. The maximum absolute atomic E-state index is 12.0. The molecule has 1 aromatic rings. The first kappa shape index (κ1) is 14.8. The van der Waals surface area contributed by atoms with E-state index in [0.717, 1.165) is 0 Å². The minimum Gasteiger partial charge on any atom is -0.478 e. The van der Waals surface area contributed by atoms with Crippen molar-refractivity contribution in [3.05, 3.63) is 28.2 Å². The highest BCUT2D eigenvalue weighted by Crippen LogP contribution is 2.23. The lowest BCUT2D eigenvalue weighted by molar-refractivity contribution is 0.0696. The number of anilines is 1. The molecular formula is C13H15BrN2O4. The Balaban J connectivity index is 2.10. The average Bonchev–Trinajstić information content (AvgIpc) is 2.69. The Morgan fingerprint density at radius 1 is 1.40 bits per heavy atom. The summed E-state index contributed by atoms with van der Waals surface area (Å²) >= 11 is 3.20. The van der Waals surface area contributed by atoms with Gasteiger partial charge in [0.25, 0.3) is 0 Å². The third-order valence-corrected chi connectivity index (χ3v) is 3.59. The van der Waals surface area contributed by atoms with Crippen molar-refractivity contribution in [1.29, 1.82) is 0 Å². The zero-order valence-electron chi connectivity index (χ0n) is 10.9. The number of β-amino-alcohol motifs (C(OH)–C–C–N with tert-alkyl or cyclic N) is 1. The van der Waals surface area contributed by atoms with Gasteiger partial charge in [0.2, 0.25) is 0 Å². The van der Waals surface area contributed by atoms with E-state index in [9.17, 15) is 14.7 Å². The van der Waals surface area contributed by atoms with E-state index in [1.807, 2.05) is 0 Å². The Hall–Kier alpha value is -1.60. The van der Waals surface area contributed by atoms with Crippen LogP contribution in [0.2, 0.25) is 0 Å². The highest BCUT2D eigenvalue weighted by Gasteiger charge is 2.33. The SMILES string of the molecule is CC1(O)CCN(C(=O)Nc2cc(Br)cc(C(=O)O)c2)C1. The molecule has 3 N–H and O–H groups in total. The second-order valence-corrected chi connectivity index (χ2v) is 6.05. The van der Waals surface area contributed by atoms with E-state index in [1.54, 1.807) is 13.0 Å². The van der Waals surface area contributed by atoms with Gasteiger partial charge >= 0.3 is 12.0 Å². The first-order valence-corrected chi connectivity index (χ1v) is 6.88. The molecule has 108 valence electrons. The molecule has 1 aliphatic heterocycles. The topological polar surface area (TPSA) is 89.9 Å². The van der Waals surface area contributed by atoms with Crippen LogP contribution in [-0.4, -0.2) is 45.8 Å². The number of carboxylic acid groups (broad SMARTS) is 1. The fraction of sp³-hybridized carbons (Fsp3) is 0.385. The summed E-state index contributed by atoms with van der Waals surface area (Å²) in [5.41, 5.74) is -0.377. The van der Waals surface area contributed by atoms with Crippen LogP contribution in [-0.2, 0) is 0 Å². The summed E-state index contributed by atoms with van der Waals surface area (Å²) in [6.07, 6.45) is 0.527. The Morgan fingerprint density at radius 3 is 2.65 bits per heavy atom. The van der Waals surface area contributed by atoms with Crippen LogP contribution in [0.5, 0.6) is 0 Å². The quantitative estimate of drug-likeness (QED) is 0.767. The van der Waals surface area contributed by atoms with Gasteiger partial charge in [-0.2, -0.15) is 0 Å². The van der Waals surface area contributed by atoms with E-state index < -0.39 is 11.6 Å². The average molecular weight is 343 g/mol. The molecule has 1 saturated heterocycles. The molecule has 20 heavy (non-hydrogen) atoms. The van der Waals surface area contributed by atoms with Gasteiger partial charge in [-0.3, -0.25) is 0 Å². The number of aliphatic hydroxyl groups is 1. The summed E-state index contributed by atoms with van der Waals surface area (Å²) in [4.78, 5) is 24.5. The van der Waals surface area contributed by atoms with Gasteiger partial charge in [-0.05, 0) is 31.5 Å². The van der Waals surface area contributed by atoms with Gasteiger partial charge in [-0.15, -0.1) is 0 Å². The molecule has 0 saturated carbocycles. The lowest BCUT2D eigenvalue weighted by atomic mass is 10.1. The smallest absolute Gasteiger partial charge is 0.335 e. The van der Waals surface area contributed by atoms with Crippen LogP contribution in [0, 0.1) is 0 Å². The van der Waals surface area contributed by atoms with E-state index in [0.29, 0.717) is 23.1 Å². The van der Waals surface area contributed by atoms with E-state index in [4.69, 9.17) is 5.11 Å². The summed E-state index contributed by atoms with van der Waals surface area (Å²) in [6, 6.07) is 4.12. The number of hydrogen-bond donors (Lipinski definition) is 3. The second kappa shape index (κ2) is 5.41. The Labute approximate surface area is 124 Å². The van der Waals surface area contributed by atoms with E-state index in [2.05, 4.69) is 21.2 Å². The molecule has 2 amide bonds. The predicted octanol–water partition coefficient (Wildman–Crippen LogP) is 2.14. The van der Waals surface area contributed by atoms with Crippen LogP contribution in [0.1, 0.15) is 23.7 Å². The number of likely N-dealkylation sites (tertiary alicyclic amines) is 1. The summed E-state index contributed by atoms with van der Waals surface area (Å²) in [5.74, 6) is -1.06. The summed E-state index contributed by atoms with van der Waals surface area (Å²) in [7, 11) is 0. The highest BCUT2D eigenvalue weighted by molar-refractivity contribution is 9.10. The molecule has 1 aliphatic rings. The van der Waals surface area contributed by atoms with Crippen LogP contribution in [0.25, 0.3) is 0 Å². The minimum atomic E-state index is -1.06. The van der Waals surface area contributed by atoms with E-state index in [1.165, 1.54) is 17.0 Å². The van der Waals surface area contributed by atoms with Gasteiger partial charge in [0.1, 0.15) is 0 Å². The fourth-order valence-electron chi connectivity index (χ4n) is 2.11. The van der Waals surface area contributed by atoms with Crippen molar-refractivity contribution in [2.75, 3.05) is 18.4 Å². The number of amides is 2. The van der Waals surface area contributed by atoms with Gasteiger partial charge in [0.05, 0.1) is 17.7 Å². The van der Waals surface area contributed by atoms with Crippen LogP contribution in [0.15, 0.2) is 22.7 Å². The molecule has 6 nitrogen and oxygen atoms in total. The van der Waals surface area contributed by atoms with Crippen molar-refractivity contribution in [3.63, 3.8) is 0 Å². The normalized spacial score (nSPS) is 21.9. The van der Waals surface area contributed by atoms with E-state index >= 15 is 0 Å². The van der Waals surface area contributed by atoms with Gasteiger partial charge in [-0.1, -0.05) is 15.9 Å². The molecule has 1 unspecified atom stereocenters. The minimum absolute atomic E-state index is 0.0862. The third-order valence-electron chi connectivity index (χ3n) is 3.14. The fourth-order valence-corrected chi connectivity index (χ4v) is 2.60. The molecule has 1 heterocycles. The van der Waals surface area contributed by atoms with Crippen LogP contribution < -0.4 is 5.32 Å². The van der Waals surface area contributed by atoms with Crippen molar-refractivity contribution in [2.45, 2.75) is 18.9 Å². The standard InChI is InChI=1S/C13H15BrN2O4/c1-13(20)2-3-16(7-13)12(19)15-10-5-8(11(17)18)4-9(14)6-10/h4-6,20H,2-3,7H2,1H3,(H,15,19)(H,17,18). The molecule has 0 aliphatic carbocycles. The lowest BCUT2D eigenvalue weighted by Crippen LogP contribution is -2.36. The van der Waals surface area contributed by atoms with Crippen LogP contribution in [0.3, 0.4) is 0 Å². The lowest BCUT2D eigenvalue weighted by Gasteiger charge is -2.19. The molecule has 1 aromatic carbocycles. The molecule has 0 radical (unpaired) electrons.